The first-order chi connectivity index (χ1) is 12.1. The van der Waals surface area contributed by atoms with Gasteiger partial charge in [-0.05, 0) is 55.8 Å². The molecule has 1 aliphatic rings. The van der Waals surface area contributed by atoms with Gasteiger partial charge in [-0.3, -0.25) is 9.58 Å². The summed E-state index contributed by atoms with van der Waals surface area (Å²) in [6.07, 6.45) is -1.76. The SMILES string of the molecule is CC(C)(C)OC(=O)N1C[C@@H](n2nc(I)c3c(N)nccc32)C[C@@H]1C(F)F. The Morgan fingerprint density at radius 1 is 1.46 bits per heavy atom. The lowest BCUT2D eigenvalue weighted by Crippen LogP contribution is -2.42. The summed E-state index contributed by atoms with van der Waals surface area (Å²) >= 11 is 2.04. The van der Waals surface area contributed by atoms with Crippen LogP contribution in [0.25, 0.3) is 10.9 Å². The molecule has 0 aromatic carbocycles. The molecular formula is C16H20F2IN5O2. The van der Waals surface area contributed by atoms with Crippen LogP contribution in [0.5, 0.6) is 0 Å². The van der Waals surface area contributed by atoms with Crippen LogP contribution in [0.1, 0.15) is 33.2 Å². The molecule has 0 unspecified atom stereocenters. The number of nitrogens with two attached hydrogens (primary N) is 1. The summed E-state index contributed by atoms with van der Waals surface area (Å²) in [5.74, 6) is 0.338. The summed E-state index contributed by atoms with van der Waals surface area (Å²) in [5.41, 5.74) is 5.88. The molecule has 0 saturated carbocycles. The van der Waals surface area contributed by atoms with Crippen molar-refractivity contribution in [2.45, 2.75) is 51.3 Å². The summed E-state index contributed by atoms with van der Waals surface area (Å²) in [6, 6.07) is 0.134. The van der Waals surface area contributed by atoms with Crippen LogP contribution in [0.3, 0.4) is 0 Å². The molecule has 1 saturated heterocycles. The van der Waals surface area contributed by atoms with Crippen molar-refractivity contribution in [2.24, 2.45) is 0 Å². The van der Waals surface area contributed by atoms with E-state index in [-0.39, 0.29) is 13.0 Å². The predicted molar refractivity (Wildman–Crippen MR) is 101 cm³/mol. The molecule has 1 aliphatic heterocycles. The maximum Gasteiger partial charge on any atom is 0.410 e. The van der Waals surface area contributed by atoms with Crippen molar-refractivity contribution in [3.05, 3.63) is 16.0 Å². The van der Waals surface area contributed by atoms with Gasteiger partial charge >= 0.3 is 6.09 Å². The van der Waals surface area contributed by atoms with Crippen LogP contribution < -0.4 is 5.73 Å². The number of carbonyl (C=O) groups is 1. The van der Waals surface area contributed by atoms with E-state index in [0.717, 1.165) is 4.90 Å². The van der Waals surface area contributed by atoms with E-state index in [4.69, 9.17) is 10.5 Å². The molecule has 10 heteroatoms. The maximum absolute atomic E-state index is 13.5. The number of hydrogen-bond acceptors (Lipinski definition) is 5. The number of alkyl halides is 2. The summed E-state index contributed by atoms with van der Waals surface area (Å²) in [7, 11) is 0. The van der Waals surface area contributed by atoms with Gasteiger partial charge in [0.2, 0.25) is 0 Å². The Balaban J connectivity index is 1.94. The van der Waals surface area contributed by atoms with Crippen LogP contribution in [0, 0.1) is 3.70 Å². The molecule has 3 heterocycles. The largest absolute Gasteiger partial charge is 0.444 e. The molecule has 1 fully saturated rings. The first-order valence-corrected chi connectivity index (χ1v) is 9.22. The number of amides is 1. The summed E-state index contributed by atoms with van der Waals surface area (Å²) < 4.78 is 34.7. The summed E-state index contributed by atoms with van der Waals surface area (Å²) in [6.45, 7) is 5.21. The lowest BCUT2D eigenvalue weighted by atomic mass is 10.1. The van der Waals surface area contributed by atoms with Gasteiger partial charge in [0.1, 0.15) is 15.1 Å². The Kier molecular flexibility index (Phi) is 4.97. The molecule has 2 atom stereocenters. The van der Waals surface area contributed by atoms with Gasteiger partial charge in [0.25, 0.3) is 6.43 Å². The zero-order valence-electron chi connectivity index (χ0n) is 14.6. The summed E-state index contributed by atoms with van der Waals surface area (Å²) in [5, 5.41) is 5.15. The number of likely N-dealkylation sites (tertiary alicyclic amines) is 1. The fraction of sp³-hybridized carbons (Fsp3) is 0.562. The molecule has 0 spiro atoms. The number of nitrogen functional groups attached to an aromatic ring is 1. The molecule has 142 valence electrons. The molecule has 0 radical (unpaired) electrons. The maximum atomic E-state index is 13.5. The zero-order chi connectivity index (χ0) is 19.2. The Labute approximate surface area is 163 Å². The molecule has 2 aromatic heterocycles. The van der Waals surface area contributed by atoms with Crippen molar-refractivity contribution in [3.63, 3.8) is 0 Å². The first-order valence-electron chi connectivity index (χ1n) is 8.14. The lowest BCUT2D eigenvalue weighted by molar-refractivity contribution is -0.00232. The quantitative estimate of drug-likeness (QED) is 0.668. The minimum Gasteiger partial charge on any atom is -0.444 e. The van der Waals surface area contributed by atoms with Crippen molar-refractivity contribution in [1.29, 1.82) is 0 Å². The third kappa shape index (κ3) is 3.55. The Morgan fingerprint density at radius 3 is 2.77 bits per heavy atom. The third-order valence-electron chi connectivity index (χ3n) is 4.19. The minimum atomic E-state index is -2.67. The highest BCUT2D eigenvalue weighted by atomic mass is 127. The molecule has 1 amide bonds. The number of nitrogens with zero attached hydrogens (tertiary/aromatic N) is 4. The standard InChI is InChI=1S/C16H20F2IN5O2/c1-16(2,3)26-15(25)23-7-8(6-10(23)12(17)18)24-9-4-5-21-14(20)11(9)13(19)22-24/h4-5,8,10,12H,6-7H2,1-3H3,(H2,20,21)/t8-,10+/m0/s1. The Morgan fingerprint density at radius 2 is 2.15 bits per heavy atom. The average molecular weight is 479 g/mol. The highest BCUT2D eigenvalue weighted by Gasteiger charge is 2.43. The Bertz CT molecular complexity index is 836. The van der Waals surface area contributed by atoms with Gasteiger partial charge in [-0.1, -0.05) is 0 Å². The van der Waals surface area contributed by atoms with Crippen molar-refractivity contribution < 1.29 is 18.3 Å². The van der Waals surface area contributed by atoms with E-state index in [1.165, 1.54) is 0 Å². The minimum absolute atomic E-state index is 0.0893. The molecule has 0 aliphatic carbocycles. The fourth-order valence-electron chi connectivity index (χ4n) is 3.14. The van der Waals surface area contributed by atoms with E-state index in [9.17, 15) is 13.6 Å². The number of rotatable bonds is 2. The number of pyridine rings is 1. The van der Waals surface area contributed by atoms with Crippen LogP contribution in [0.15, 0.2) is 12.3 Å². The van der Waals surface area contributed by atoms with E-state index < -0.39 is 30.2 Å². The monoisotopic (exact) mass is 479 g/mol. The van der Waals surface area contributed by atoms with Gasteiger partial charge < -0.3 is 10.5 Å². The summed E-state index contributed by atoms with van der Waals surface area (Å²) in [4.78, 5) is 17.5. The molecule has 3 rings (SSSR count). The van der Waals surface area contributed by atoms with Gasteiger partial charge in [0, 0.05) is 12.7 Å². The van der Waals surface area contributed by atoms with Gasteiger partial charge in [0.15, 0.2) is 0 Å². The number of aromatic nitrogens is 3. The van der Waals surface area contributed by atoms with Gasteiger partial charge in [-0.15, -0.1) is 0 Å². The van der Waals surface area contributed by atoms with E-state index in [1.807, 2.05) is 22.6 Å². The number of halogens is 3. The number of hydrogen-bond donors (Lipinski definition) is 1. The highest BCUT2D eigenvalue weighted by molar-refractivity contribution is 14.1. The second kappa shape index (κ2) is 6.78. The Hall–Kier alpha value is -1.72. The van der Waals surface area contributed by atoms with Crippen LogP contribution in [-0.4, -0.2) is 50.4 Å². The van der Waals surface area contributed by atoms with Crippen molar-refractivity contribution >= 4 is 45.4 Å². The number of carbonyl (C=O) groups excluding carboxylic acids is 1. The molecule has 7 nitrogen and oxygen atoms in total. The molecule has 2 aromatic rings. The van der Waals surface area contributed by atoms with Crippen molar-refractivity contribution in [1.82, 2.24) is 19.7 Å². The average Bonchev–Trinajstić information content (AvgIpc) is 3.08. The fourth-order valence-corrected chi connectivity index (χ4v) is 3.92. The van der Waals surface area contributed by atoms with Crippen LogP contribution in [0.2, 0.25) is 0 Å². The second-order valence-electron chi connectivity index (χ2n) is 7.25. The number of fused-ring (bicyclic) bond motifs is 1. The predicted octanol–water partition coefficient (Wildman–Crippen LogP) is 3.43. The van der Waals surface area contributed by atoms with E-state index >= 15 is 0 Å². The lowest BCUT2D eigenvalue weighted by Gasteiger charge is -2.28. The van der Waals surface area contributed by atoms with Crippen LogP contribution in [-0.2, 0) is 4.74 Å². The van der Waals surface area contributed by atoms with Crippen molar-refractivity contribution in [3.8, 4) is 0 Å². The zero-order valence-corrected chi connectivity index (χ0v) is 16.8. The van der Waals surface area contributed by atoms with Crippen LogP contribution >= 0.6 is 22.6 Å². The third-order valence-corrected chi connectivity index (χ3v) is 4.95. The topological polar surface area (TPSA) is 86.3 Å². The van der Waals surface area contributed by atoms with E-state index in [0.29, 0.717) is 20.4 Å². The molecule has 2 N–H and O–H groups in total. The van der Waals surface area contributed by atoms with Crippen LogP contribution in [0.4, 0.5) is 19.4 Å². The smallest absolute Gasteiger partial charge is 0.410 e. The number of ether oxygens (including phenoxy) is 1. The van der Waals surface area contributed by atoms with E-state index in [2.05, 4.69) is 10.1 Å². The highest BCUT2D eigenvalue weighted by Crippen LogP contribution is 2.35. The van der Waals surface area contributed by atoms with Gasteiger partial charge in [-0.2, -0.15) is 5.10 Å². The number of anilines is 1. The molecule has 26 heavy (non-hydrogen) atoms. The van der Waals surface area contributed by atoms with Gasteiger partial charge in [-0.25, -0.2) is 18.6 Å². The second-order valence-corrected chi connectivity index (χ2v) is 8.27. The molecular weight excluding hydrogens is 459 g/mol. The first kappa shape index (κ1) is 19.1. The normalized spacial score (nSPS) is 21.0. The van der Waals surface area contributed by atoms with E-state index in [1.54, 1.807) is 37.7 Å². The molecule has 0 bridgehead atoms. The van der Waals surface area contributed by atoms with Crippen molar-refractivity contribution in [2.75, 3.05) is 12.3 Å². The van der Waals surface area contributed by atoms with Gasteiger partial charge in [0.05, 0.1) is 23.0 Å².